The fraction of sp³-hybridized carbons (Fsp3) is 0.348. The molecular weight excluding hydrogens is 366 g/mol. The van der Waals surface area contributed by atoms with Crippen LogP contribution < -0.4 is 10.9 Å². The van der Waals surface area contributed by atoms with Crippen molar-refractivity contribution in [2.75, 3.05) is 13.2 Å². The summed E-state index contributed by atoms with van der Waals surface area (Å²) in [6, 6.07) is 15.6. The number of hydrogen-bond donors (Lipinski definition) is 1. The van der Waals surface area contributed by atoms with Crippen molar-refractivity contribution < 1.29 is 9.53 Å². The maximum atomic E-state index is 12.5. The van der Waals surface area contributed by atoms with E-state index in [4.69, 9.17) is 4.74 Å². The fourth-order valence-corrected chi connectivity index (χ4v) is 3.19. The van der Waals surface area contributed by atoms with Gasteiger partial charge in [0.2, 0.25) is 5.91 Å². The summed E-state index contributed by atoms with van der Waals surface area (Å²) < 4.78 is 7.29. The highest BCUT2D eigenvalue weighted by Crippen LogP contribution is 2.15. The zero-order valence-corrected chi connectivity index (χ0v) is 16.9. The molecule has 2 aromatic carbocycles. The lowest BCUT2D eigenvalue weighted by molar-refractivity contribution is -0.121. The van der Waals surface area contributed by atoms with Gasteiger partial charge in [0.15, 0.2) is 0 Å². The Morgan fingerprint density at radius 1 is 1.17 bits per heavy atom. The SMILES string of the molecule is Cc1cccc2c(=O)n(CCC(=O)NCCCOC(C)c3ccccc3)cnc12. The van der Waals surface area contributed by atoms with Crippen LogP contribution in [0.4, 0.5) is 0 Å². The van der Waals surface area contributed by atoms with E-state index in [2.05, 4.69) is 10.3 Å². The molecule has 3 rings (SSSR count). The Morgan fingerprint density at radius 2 is 1.97 bits per heavy atom. The summed E-state index contributed by atoms with van der Waals surface area (Å²) in [4.78, 5) is 29.0. The molecule has 1 aromatic heterocycles. The minimum Gasteiger partial charge on any atom is -0.374 e. The molecule has 1 amide bonds. The molecule has 0 saturated heterocycles. The molecule has 3 aromatic rings. The maximum Gasteiger partial charge on any atom is 0.261 e. The van der Waals surface area contributed by atoms with Crippen LogP contribution in [0.2, 0.25) is 0 Å². The predicted molar refractivity (Wildman–Crippen MR) is 114 cm³/mol. The summed E-state index contributed by atoms with van der Waals surface area (Å²) in [6.45, 7) is 5.37. The molecule has 1 N–H and O–H groups in total. The number of ether oxygens (including phenoxy) is 1. The number of benzene rings is 2. The third-order valence-electron chi connectivity index (χ3n) is 4.92. The van der Waals surface area contributed by atoms with Gasteiger partial charge in [0.1, 0.15) is 0 Å². The van der Waals surface area contributed by atoms with Gasteiger partial charge in [-0.25, -0.2) is 4.98 Å². The van der Waals surface area contributed by atoms with Crippen LogP contribution in [0.15, 0.2) is 59.7 Å². The van der Waals surface area contributed by atoms with E-state index in [0.717, 1.165) is 17.5 Å². The van der Waals surface area contributed by atoms with Crippen molar-refractivity contribution in [3.05, 3.63) is 76.3 Å². The third kappa shape index (κ3) is 5.51. The van der Waals surface area contributed by atoms with Crippen LogP contribution in [0, 0.1) is 6.92 Å². The van der Waals surface area contributed by atoms with Crippen molar-refractivity contribution in [2.24, 2.45) is 0 Å². The van der Waals surface area contributed by atoms with E-state index in [0.29, 0.717) is 30.6 Å². The molecule has 1 atom stereocenters. The molecule has 0 aliphatic heterocycles. The van der Waals surface area contributed by atoms with Crippen molar-refractivity contribution in [2.45, 2.75) is 39.3 Å². The van der Waals surface area contributed by atoms with Crippen LogP contribution in [-0.4, -0.2) is 28.6 Å². The van der Waals surface area contributed by atoms with Crippen LogP contribution in [-0.2, 0) is 16.1 Å². The lowest BCUT2D eigenvalue weighted by Crippen LogP contribution is -2.28. The van der Waals surface area contributed by atoms with Gasteiger partial charge in [-0.2, -0.15) is 0 Å². The number of nitrogens with one attached hydrogen (secondary N) is 1. The number of amides is 1. The molecular formula is C23H27N3O3. The molecule has 6 nitrogen and oxygen atoms in total. The summed E-state index contributed by atoms with van der Waals surface area (Å²) in [5.41, 5.74) is 2.70. The first-order valence-electron chi connectivity index (χ1n) is 9.94. The summed E-state index contributed by atoms with van der Waals surface area (Å²) in [5, 5.41) is 3.46. The molecule has 0 aliphatic carbocycles. The average Bonchev–Trinajstić information content (AvgIpc) is 2.74. The van der Waals surface area contributed by atoms with E-state index in [-0.39, 0.29) is 24.0 Å². The van der Waals surface area contributed by atoms with Gasteiger partial charge >= 0.3 is 0 Å². The molecule has 0 bridgehead atoms. The molecule has 0 saturated carbocycles. The average molecular weight is 393 g/mol. The first-order valence-corrected chi connectivity index (χ1v) is 9.94. The number of para-hydroxylation sites is 1. The van der Waals surface area contributed by atoms with E-state index in [1.54, 1.807) is 6.07 Å². The molecule has 29 heavy (non-hydrogen) atoms. The zero-order chi connectivity index (χ0) is 20.6. The normalized spacial score (nSPS) is 12.1. The summed E-state index contributed by atoms with van der Waals surface area (Å²) in [6.07, 6.45) is 2.52. The van der Waals surface area contributed by atoms with Crippen LogP contribution in [0.5, 0.6) is 0 Å². The Balaban J connectivity index is 1.40. The van der Waals surface area contributed by atoms with E-state index in [1.807, 2.05) is 56.3 Å². The Kier molecular flexibility index (Phi) is 7.14. The number of carbonyl (C=O) groups is 1. The Hall–Kier alpha value is -2.99. The number of nitrogens with zero attached hydrogens (tertiary/aromatic N) is 2. The van der Waals surface area contributed by atoms with Crippen molar-refractivity contribution in [3.8, 4) is 0 Å². The van der Waals surface area contributed by atoms with Gasteiger partial charge in [-0.1, -0.05) is 42.5 Å². The van der Waals surface area contributed by atoms with Crippen molar-refractivity contribution in [1.82, 2.24) is 14.9 Å². The largest absolute Gasteiger partial charge is 0.374 e. The van der Waals surface area contributed by atoms with Gasteiger partial charge in [0, 0.05) is 26.1 Å². The summed E-state index contributed by atoms with van der Waals surface area (Å²) >= 11 is 0. The molecule has 6 heteroatoms. The van der Waals surface area contributed by atoms with Crippen LogP contribution in [0.1, 0.15) is 37.0 Å². The Labute approximate surface area is 170 Å². The third-order valence-corrected chi connectivity index (χ3v) is 4.92. The fourth-order valence-electron chi connectivity index (χ4n) is 3.19. The standard InChI is InChI=1S/C23H27N3O3/c1-17-8-6-11-20-22(17)25-16-26(23(20)28)14-12-21(27)24-13-7-15-29-18(2)19-9-4-3-5-10-19/h3-6,8-11,16,18H,7,12-15H2,1-2H3,(H,24,27). The molecule has 0 fully saturated rings. The second kappa shape index (κ2) is 9.98. The quantitative estimate of drug-likeness (QED) is 0.566. The van der Waals surface area contributed by atoms with Crippen molar-refractivity contribution >= 4 is 16.8 Å². The number of carbonyl (C=O) groups excluding carboxylic acids is 1. The topological polar surface area (TPSA) is 73.2 Å². The number of fused-ring (bicyclic) bond motifs is 1. The molecule has 1 heterocycles. The van der Waals surface area contributed by atoms with Gasteiger partial charge in [-0.3, -0.25) is 14.2 Å². The van der Waals surface area contributed by atoms with E-state index >= 15 is 0 Å². The van der Waals surface area contributed by atoms with Crippen LogP contribution >= 0.6 is 0 Å². The minimum absolute atomic E-state index is 0.0304. The number of aromatic nitrogens is 2. The lowest BCUT2D eigenvalue weighted by Gasteiger charge is -2.13. The van der Waals surface area contributed by atoms with Crippen molar-refractivity contribution in [3.63, 3.8) is 0 Å². The maximum absolute atomic E-state index is 12.5. The first-order chi connectivity index (χ1) is 14.1. The highest BCUT2D eigenvalue weighted by molar-refractivity contribution is 5.80. The zero-order valence-electron chi connectivity index (χ0n) is 16.9. The van der Waals surface area contributed by atoms with E-state index in [1.165, 1.54) is 10.9 Å². The number of hydrogen-bond acceptors (Lipinski definition) is 4. The van der Waals surface area contributed by atoms with Crippen molar-refractivity contribution in [1.29, 1.82) is 0 Å². The van der Waals surface area contributed by atoms with Crippen LogP contribution in [0.25, 0.3) is 10.9 Å². The minimum atomic E-state index is -0.116. The number of aryl methyl sites for hydroxylation is 2. The number of rotatable bonds is 9. The van der Waals surface area contributed by atoms with Crippen LogP contribution in [0.3, 0.4) is 0 Å². The monoisotopic (exact) mass is 393 g/mol. The second-order valence-electron chi connectivity index (χ2n) is 7.09. The molecule has 1 unspecified atom stereocenters. The Bertz CT molecular complexity index is 1010. The van der Waals surface area contributed by atoms with Gasteiger partial charge < -0.3 is 10.1 Å². The summed E-state index contributed by atoms with van der Waals surface area (Å²) in [7, 11) is 0. The second-order valence-corrected chi connectivity index (χ2v) is 7.09. The van der Waals surface area contributed by atoms with Gasteiger partial charge in [0.25, 0.3) is 5.56 Å². The van der Waals surface area contributed by atoms with Gasteiger partial charge in [-0.05, 0) is 37.5 Å². The first kappa shape index (κ1) is 20.7. The summed E-state index contributed by atoms with van der Waals surface area (Å²) in [5.74, 6) is -0.0858. The molecule has 0 aliphatic rings. The highest BCUT2D eigenvalue weighted by atomic mass is 16.5. The lowest BCUT2D eigenvalue weighted by atomic mass is 10.1. The molecule has 152 valence electrons. The smallest absolute Gasteiger partial charge is 0.261 e. The predicted octanol–water partition coefficient (Wildman–Crippen LogP) is 3.38. The molecule has 0 radical (unpaired) electrons. The van der Waals surface area contributed by atoms with E-state index in [9.17, 15) is 9.59 Å². The highest BCUT2D eigenvalue weighted by Gasteiger charge is 2.08. The van der Waals surface area contributed by atoms with Gasteiger partial charge in [0.05, 0.1) is 23.3 Å². The van der Waals surface area contributed by atoms with Gasteiger partial charge in [-0.15, -0.1) is 0 Å². The Morgan fingerprint density at radius 3 is 2.76 bits per heavy atom. The molecule has 0 spiro atoms. The van der Waals surface area contributed by atoms with E-state index < -0.39 is 0 Å².